The van der Waals surface area contributed by atoms with Crippen molar-refractivity contribution < 1.29 is 4.79 Å². The van der Waals surface area contributed by atoms with Gasteiger partial charge in [0.2, 0.25) is 0 Å². The van der Waals surface area contributed by atoms with Crippen molar-refractivity contribution in [2.45, 2.75) is 52.1 Å². The Morgan fingerprint density at radius 2 is 2.25 bits per heavy atom. The molecule has 1 aliphatic rings. The maximum Gasteiger partial charge on any atom is 0.257 e. The van der Waals surface area contributed by atoms with Gasteiger partial charge in [0.05, 0.1) is 12.1 Å². The van der Waals surface area contributed by atoms with Crippen LogP contribution in [0.3, 0.4) is 0 Å². The lowest BCUT2D eigenvalue weighted by atomic mass is 9.99. The normalized spacial score (nSPS) is 17.8. The number of likely N-dealkylation sites (tertiary alicyclic amines) is 1. The van der Waals surface area contributed by atoms with Gasteiger partial charge in [-0.3, -0.25) is 4.79 Å². The van der Waals surface area contributed by atoms with E-state index >= 15 is 0 Å². The number of carbonyl (C=O) groups is 1. The SMILES string of the molecule is CCC1CCCCN1C(=O)c1ccc(C)nc1NCc1cccs1. The number of thiophene rings is 1. The van der Waals surface area contributed by atoms with Gasteiger partial charge in [-0.25, -0.2) is 4.98 Å². The average Bonchev–Trinajstić information content (AvgIpc) is 3.13. The number of rotatable bonds is 5. The summed E-state index contributed by atoms with van der Waals surface area (Å²) >= 11 is 1.71. The molecule has 1 saturated heterocycles. The minimum absolute atomic E-state index is 0.114. The van der Waals surface area contributed by atoms with E-state index in [-0.39, 0.29) is 5.91 Å². The molecule has 1 aliphatic heterocycles. The maximum atomic E-state index is 13.1. The summed E-state index contributed by atoms with van der Waals surface area (Å²) in [5.41, 5.74) is 1.61. The number of piperidine rings is 1. The highest BCUT2D eigenvalue weighted by Crippen LogP contribution is 2.25. The molecule has 1 unspecified atom stereocenters. The Hall–Kier alpha value is -1.88. The highest BCUT2D eigenvalue weighted by Gasteiger charge is 2.28. The van der Waals surface area contributed by atoms with Crippen LogP contribution >= 0.6 is 11.3 Å². The van der Waals surface area contributed by atoms with Crippen LogP contribution in [0.15, 0.2) is 29.6 Å². The Balaban J connectivity index is 1.82. The first kappa shape index (κ1) is 17.0. The number of pyridine rings is 1. The first-order valence-electron chi connectivity index (χ1n) is 8.74. The van der Waals surface area contributed by atoms with Gasteiger partial charge in [0, 0.05) is 23.2 Å². The molecule has 0 saturated carbocycles. The number of hydrogen-bond acceptors (Lipinski definition) is 4. The third-order valence-corrected chi connectivity index (χ3v) is 5.51. The fourth-order valence-corrected chi connectivity index (χ4v) is 3.94. The van der Waals surface area contributed by atoms with Gasteiger partial charge >= 0.3 is 0 Å². The molecule has 1 amide bonds. The summed E-state index contributed by atoms with van der Waals surface area (Å²) in [6.45, 7) is 5.68. The van der Waals surface area contributed by atoms with Crippen LogP contribution in [-0.4, -0.2) is 28.4 Å². The number of aromatic nitrogens is 1. The summed E-state index contributed by atoms with van der Waals surface area (Å²) in [6.07, 6.45) is 4.44. The number of anilines is 1. The Kier molecular flexibility index (Phi) is 5.51. The molecule has 0 spiro atoms. The molecule has 0 bridgehead atoms. The Bertz CT molecular complexity index is 684. The summed E-state index contributed by atoms with van der Waals surface area (Å²) in [5, 5.41) is 5.42. The lowest BCUT2D eigenvalue weighted by molar-refractivity contribution is 0.0608. The van der Waals surface area contributed by atoms with Crippen molar-refractivity contribution in [3.63, 3.8) is 0 Å². The molecular weight excluding hydrogens is 318 g/mol. The molecule has 3 heterocycles. The molecule has 0 radical (unpaired) electrons. The van der Waals surface area contributed by atoms with E-state index in [1.807, 2.05) is 30.0 Å². The predicted octanol–water partition coefficient (Wildman–Crippen LogP) is 4.47. The number of amides is 1. The van der Waals surface area contributed by atoms with Crippen LogP contribution in [0.25, 0.3) is 0 Å². The zero-order valence-corrected chi connectivity index (χ0v) is 15.2. The topological polar surface area (TPSA) is 45.2 Å². The summed E-state index contributed by atoms with van der Waals surface area (Å²) in [4.78, 5) is 21.0. The molecule has 4 nitrogen and oxygen atoms in total. The van der Waals surface area contributed by atoms with Crippen molar-refractivity contribution in [3.05, 3.63) is 45.8 Å². The fourth-order valence-electron chi connectivity index (χ4n) is 3.30. The van der Waals surface area contributed by atoms with Crippen molar-refractivity contribution in [3.8, 4) is 0 Å². The van der Waals surface area contributed by atoms with E-state index < -0.39 is 0 Å². The van der Waals surface area contributed by atoms with E-state index in [0.717, 1.165) is 31.5 Å². The van der Waals surface area contributed by atoms with E-state index in [4.69, 9.17) is 0 Å². The van der Waals surface area contributed by atoms with Crippen molar-refractivity contribution in [1.82, 2.24) is 9.88 Å². The third kappa shape index (κ3) is 3.78. The maximum absolute atomic E-state index is 13.1. The number of aryl methyl sites for hydroxylation is 1. The van der Waals surface area contributed by atoms with Crippen LogP contribution in [0.1, 0.15) is 53.5 Å². The monoisotopic (exact) mass is 343 g/mol. The zero-order chi connectivity index (χ0) is 16.9. The van der Waals surface area contributed by atoms with E-state index in [2.05, 4.69) is 28.7 Å². The second kappa shape index (κ2) is 7.79. The van der Waals surface area contributed by atoms with Crippen LogP contribution < -0.4 is 5.32 Å². The molecule has 1 fully saturated rings. The van der Waals surface area contributed by atoms with E-state index in [1.165, 1.54) is 11.3 Å². The molecule has 2 aromatic rings. The van der Waals surface area contributed by atoms with E-state index in [1.54, 1.807) is 11.3 Å². The molecule has 128 valence electrons. The van der Waals surface area contributed by atoms with Crippen LogP contribution in [0, 0.1) is 6.92 Å². The molecule has 1 N–H and O–H groups in total. The lowest BCUT2D eigenvalue weighted by Gasteiger charge is -2.35. The van der Waals surface area contributed by atoms with Crippen molar-refractivity contribution in [2.24, 2.45) is 0 Å². The van der Waals surface area contributed by atoms with Gasteiger partial charge in [-0.2, -0.15) is 0 Å². The number of nitrogens with zero attached hydrogens (tertiary/aromatic N) is 2. The first-order chi connectivity index (χ1) is 11.7. The standard InChI is InChI=1S/C19H25N3OS/c1-3-15-7-4-5-11-22(15)19(23)17-10-9-14(2)21-18(17)20-13-16-8-6-12-24-16/h6,8-10,12,15H,3-5,7,11,13H2,1-2H3,(H,20,21). The molecule has 1 atom stereocenters. The molecule has 0 aromatic carbocycles. The van der Waals surface area contributed by atoms with Gasteiger partial charge in [0.1, 0.15) is 5.82 Å². The third-order valence-electron chi connectivity index (χ3n) is 4.63. The average molecular weight is 343 g/mol. The second-order valence-electron chi connectivity index (χ2n) is 6.34. The largest absolute Gasteiger partial charge is 0.365 e. The lowest BCUT2D eigenvalue weighted by Crippen LogP contribution is -2.43. The predicted molar refractivity (Wildman–Crippen MR) is 99.6 cm³/mol. The van der Waals surface area contributed by atoms with Gasteiger partial charge < -0.3 is 10.2 Å². The van der Waals surface area contributed by atoms with Gasteiger partial charge in [-0.1, -0.05) is 13.0 Å². The molecule has 24 heavy (non-hydrogen) atoms. The minimum atomic E-state index is 0.114. The number of carbonyl (C=O) groups excluding carboxylic acids is 1. The smallest absolute Gasteiger partial charge is 0.257 e. The van der Waals surface area contributed by atoms with E-state index in [0.29, 0.717) is 24.0 Å². The van der Waals surface area contributed by atoms with Crippen LogP contribution in [-0.2, 0) is 6.54 Å². The Labute approximate surface area is 147 Å². The molecule has 0 aliphatic carbocycles. The van der Waals surface area contributed by atoms with Gasteiger partial charge in [0.15, 0.2) is 0 Å². The zero-order valence-electron chi connectivity index (χ0n) is 14.4. The molecule has 5 heteroatoms. The highest BCUT2D eigenvalue weighted by atomic mass is 32.1. The quantitative estimate of drug-likeness (QED) is 0.871. The molecule has 2 aromatic heterocycles. The minimum Gasteiger partial charge on any atom is -0.365 e. The summed E-state index contributed by atoms with van der Waals surface area (Å²) in [6, 6.07) is 8.33. The van der Waals surface area contributed by atoms with Crippen LogP contribution in [0.2, 0.25) is 0 Å². The molecule has 3 rings (SSSR count). The van der Waals surface area contributed by atoms with Crippen LogP contribution in [0.4, 0.5) is 5.82 Å². The first-order valence-corrected chi connectivity index (χ1v) is 9.62. The van der Waals surface area contributed by atoms with Crippen molar-refractivity contribution in [2.75, 3.05) is 11.9 Å². The molecular formula is C19H25N3OS. The summed E-state index contributed by atoms with van der Waals surface area (Å²) in [5.74, 6) is 0.816. The second-order valence-corrected chi connectivity index (χ2v) is 7.37. The number of hydrogen-bond donors (Lipinski definition) is 1. The number of nitrogens with one attached hydrogen (secondary N) is 1. The fraction of sp³-hybridized carbons (Fsp3) is 0.474. The summed E-state index contributed by atoms with van der Waals surface area (Å²) in [7, 11) is 0. The highest BCUT2D eigenvalue weighted by molar-refractivity contribution is 7.09. The van der Waals surface area contributed by atoms with Crippen molar-refractivity contribution >= 4 is 23.1 Å². The van der Waals surface area contributed by atoms with Crippen molar-refractivity contribution in [1.29, 1.82) is 0 Å². The Morgan fingerprint density at radius 1 is 1.38 bits per heavy atom. The van der Waals surface area contributed by atoms with E-state index in [9.17, 15) is 4.79 Å². The summed E-state index contributed by atoms with van der Waals surface area (Å²) < 4.78 is 0. The van der Waals surface area contributed by atoms with Crippen LogP contribution in [0.5, 0.6) is 0 Å². The van der Waals surface area contributed by atoms with Gasteiger partial charge in [0.25, 0.3) is 5.91 Å². The van der Waals surface area contributed by atoms with Gasteiger partial charge in [-0.05, 0) is 56.2 Å². The Morgan fingerprint density at radius 3 is 3.00 bits per heavy atom. The van der Waals surface area contributed by atoms with Gasteiger partial charge in [-0.15, -0.1) is 11.3 Å².